The topological polar surface area (TPSA) is 108 Å². The summed E-state index contributed by atoms with van der Waals surface area (Å²) in [5, 5.41) is 5.68. The number of rotatable bonds is 8. The number of carbonyl (C=O) groups excluding carboxylic acids is 2. The Morgan fingerprint density at radius 1 is 1.06 bits per heavy atom. The van der Waals surface area contributed by atoms with Gasteiger partial charge in [-0.15, -0.1) is 0 Å². The fraction of sp³-hybridized carbons (Fsp3) is 0.364. The Hall–Kier alpha value is -2.82. The molecule has 3 N–H and O–H groups in total. The normalized spacial score (nSPS) is 16.3. The molecule has 172 valence electrons. The second kappa shape index (κ2) is 10.7. The van der Waals surface area contributed by atoms with Gasteiger partial charge >= 0.3 is 0 Å². The lowest BCUT2D eigenvalue weighted by atomic mass is 10.0. The van der Waals surface area contributed by atoms with Gasteiger partial charge in [0.15, 0.2) is 0 Å². The average molecular weight is 463 g/mol. The highest BCUT2D eigenvalue weighted by Gasteiger charge is 2.27. The minimum atomic E-state index is -4.16. The zero-order chi connectivity index (χ0) is 23.1. The van der Waals surface area contributed by atoms with Crippen LogP contribution in [-0.4, -0.2) is 56.9 Å². The van der Waals surface area contributed by atoms with Crippen molar-refractivity contribution in [3.8, 4) is 0 Å². The van der Waals surface area contributed by atoms with E-state index in [2.05, 4.69) is 15.4 Å². The van der Waals surface area contributed by atoms with Crippen LogP contribution in [0.4, 0.5) is 10.1 Å². The maximum absolute atomic E-state index is 13.8. The number of amides is 2. The van der Waals surface area contributed by atoms with Crippen LogP contribution in [0.25, 0.3) is 0 Å². The van der Waals surface area contributed by atoms with Crippen molar-refractivity contribution in [2.75, 3.05) is 25.0 Å². The van der Waals surface area contributed by atoms with Crippen molar-refractivity contribution >= 4 is 27.5 Å². The highest BCUT2D eigenvalue weighted by molar-refractivity contribution is 7.89. The molecule has 0 bridgehead atoms. The van der Waals surface area contributed by atoms with Crippen molar-refractivity contribution in [2.24, 2.45) is 0 Å². The van der Waals surface area contributed by atoms with Crippen LogP contribution in [-0.2, 0) is 19.6 Å². The van der Waals surface area contributed by atoms with Crippen molar-refractivity contribution in [3.05, 3.63) is 60.4 Å². The van der Waals surface area contributed by atoms with E-state index in [-0.39, 0.29) is 18.5 Å². The fourth-order valence-electron chi connectivity index (χ4n) is 3.50. The van der Waals surface area contributed by atoms with Crippen molar-refractivity contribution < 1.29 is 22.4 Å². The molecule has 0 unspecified atom stereocenters. The van der Waals surface area contributed by atoms with E-state index in [1.54, 1.807) is 0 Å². The molecule has 1 atom stereocenters. The van der Waals surface area contributed by atoms with E-state index in [0.29, 0.717) is 25.9 Å². The monoisotopic (exact) mass is 462 g/mol. The fourth-order valence-corrected chi connectivity index (χ4v) is 4.78. The lowest BCUT2D eigenvalue weighted by Gasteiger charge is -2.32. The number of likely N-dealkylation sites (tertiary alicyclic amines) is 1. The van der Waals surface area contributed by atoms with E-state index in [1.165, 1.54) is 19.1 Å². The third-order valence-electron chi connectivity index (χ3n) is 5.21. The molecule has 0 aromatic heterocycles. The summed E-state index contributed by atoms with van der Waals surface area (Å²) in [6.07, 6.45) is 1.27. The Bertz CT molecular complexity index is 1040. The minimum Gasteiger partial charge on any atom is -0.352 e. The average Bonchev–Trinajstić information content (AvgIpc) is 2.75. The molecule has 0 spiro atoms. The van der Waals surface area contributed by atoms with Gasteiger partial charge in [-0.1, -0.05) is 30.3 Å². The summed E-state index contributed by atoms with van der Waals surface area (Å²) in [6, 6.07) is 13.0. The molecular formula is C22H27FN4O4S. The minimum absolute atomic E-state index is 0.102. The van der Waals surface area contributed by atoms with E-state index in [9.17, 15) is 22.4 Å². The summed E-state index contributed by atoms with van der Waals surface area (Å²) >= 11 is 0. The number of piperidine rings is 1. The number of para-hydroxylation sites is 1. The lowest BCUT2D eigenvalue weighted by molar-refractivity contribution is -0.123. The zero-order valence-corrected chi connectivity index (χ0v) is 18.6. The summed E-state index contributed by atoms with van der Waals surface area (Å²) in [6.45, 7) is 2.93. The number of hydrogen-bond donors (Lipinski definition) is 3. The Balaban J connectivity index is 1.44. The van der Waals surface area contributed by atoms with Gasteiger partial charge in [-0.25, -0.2) is 12.8 Å². The molecule has 32 heavy (non-hydrogen) atoms. The van der Waals surface area contributed by atoms with Crippen LogP contribution in [0.15, 0.2) is 59.5 Å². The van der Waals surface area contributed by atoms with Crippen LogP contribution in [0.2, 0.25) is 0 Å². The first-order valence-electron chi connectivity index (χ1n) is 10.4. The first-order chi connectivity index (χ1) is 15.2. The Morgan fingerprint density at radius 3 is 2.34 bits per heavy atom. The number of halogens is 1. The zero-order valence-electron chi connectivity index (χ0n) is 17.8. The van der Waals surface area contributed by atoms with Gasteiger partial charge in [0.05, 0.1) is 12.6 Å². The number of anilines is 1. The van der Waals surface area contributed by atoms with Gasteiger partial charge < -0.3 is 10.6 Å². The highest BCUT2D eigenvalue weighted by Crippen LogP contribution is 2.15. The van der Waals surface area contributed by atoms with Crippen LogP contribution < -0.4 is 15.4 Å². The molecule has 1 aliphatic heterocycles. The van der Waals surface area contributed by atoms with Gasteiger partial charge in [-0.3, -0.25) is 14.5 Å². The summed E-state index contributed by atoms with van der Waals surface area (Å²) in [5.74, 6) is -1.46. The maximum atomic E-state index is 13.8. The van der Waals surface area contributed by atoms with E-state index in [1.807, 2.05) is 35.2 Å². The molecule has 2 aromatic carbocycles. The second-order valence-electron chi connectivity index (χ2n) is 7.75. The molecule has 1 fully saturated rings. The van der Waals surface area contributed by atoms with Gasteiger partial charge in [0, 0.05) is 24.8 Å². The van der Waals surface area contributed by atoms with Gasteiger partial charge in [0.25, 0.3) is 0 Å². The van der Waals surface area contributed by atoms with Crippen LogP contribution in [0.1, 0.15) is 19.8 Å². The number of hydrogen-bond acceptors (Lipinski definition) is 5. The molecule has 0 aliphatic carbocycles. The number of nitrogens with one attached hydrogen (secondary N) is 3. The highest BCUT2D eigenvalue weighted by atomic mass is 32.2. The molecule has 0 saturated carbocycles. The summed E-state index contributed by atoms with van der Waals surface area (Å²) < 4.78 is 40.7. The van der Waals surface area contributed by atoms with Gasteiger partial charge in [-0.05, 0) is 44.0 Å². The van der Waals surface area contributed by atoms with Crippen molar-refractivity contribution in [1.29, 1.82) is 0 Å². The Kier molecular flexibility index (Phi) is 7.94. The largest absolute Gasteiger partial charge is 0.352 e. The SMILES string of the molecule is C[C@H](NS(=O)(=O)c1ccccc1F)C(=O)NC1CCN(CC(=O)Nc2ccccc2)CC1. The van der Waals surface area contributed by atoms with Crippen LogP contribution >= 0.6 is 0 Å². The second-order valence-corrected chi connectivity index (χ2v) is 9.43. The third kappa shape index (κ3) is 6.59. The van der Waals surface area contributed by atoms with Crippen molar-refractivity contribution in [3.63, 3.8) is 0 Å². The first-order valence-corrected chi connectivity index (χ1v) is 11.9. The third-order valence-corrected chi connectivity index (χ3v) is 6.78. The molecule has 2 aromatic rings. The number of sulfonamides is 1. The van der Waals surface area contributed by atoms with Gasteiger partial charge in [-0.2, -0.15) is 4.72 Å². The molecule has 8 nitrogen and oxygen atoms in total. The Labute approximate surface area is 187 Å². The molecule has 1 saturated heterocycles. The molecule has 10 heteroatoms. The molecular weight excluding hydrogens is 435 g/mol. The summed E-state index contributed by atoms with van der Waals surface area (Å²) in [4.78, 5) is 26.2. The predicted octanol–water partition coefficient (Wildman–Crippen LogP) is 1.71. The van der Waals surface area contributed by atoms with Crippen LogP contribution in [0.5, 0.6) is 0 Å². The number of benzene rings is 2. The molecule has 3 rings (SSSR count). The van der Waals surface area contributed by atoms with Gasteiger partial charge in [0.2, 0.25) is 21.8 Å². The first kappa shape index (κ1) is 23.8. The van der Waals surface area contributed by atoms with E-state index < -0.39 is 32.7 Å². The molecule has 1 aliphatic rings. The van der Waals surface area contributed by atoms with Crippen molar-refractivity contribution in [1.82, 2.24) is 14.9 Å². The smallest absolute Gasteiger partial charge is 0.244 e. The van der Waals surface area contributed by atoms with E-state index in [4.69, 9.17) is 0 Å². The van der Waals surface area contributed by atoms with Gasteiger partial charge in [0.1, 0.15) is 10.7 Å². The standard InChI is InChI=1S/C22H27FN4O4S/c1-16(26-32(30,31)20-10-6-5-9-19(20)23)22(29)25-18-11-13-27(14-12-18)15-21(28)24-17-7-3-2-4-8-17/h2-10,16,18,26H,11-15H2,1H3,(H,24,28)(H,25,29)/t16-/m0/s1. The molecule has 2 amide bonds. The molecule has 1 heterocycles. The maximum Gasteiger partial charge on any atom is 0.244 e. The van der Waals surface area contributed by atoms with E-state index >= 15 is 0 Å². The summed E-state index contributed by atoms with van der Waals surface area (Å²) in [7, 11) is -4.16. The Morgan fingerprint density at radius 2 is 1.69 bits per heavy atom. The van der Waals surface area contributed by atoms with E-state index in [0.717, 1.165) is 17.8 Å². The lowest BCUT2D eigenvalue weighted by Crippen LogP contribution is -2.51. The van der Waals surface area contributed by atoms with Crippen LogP contribution in [0, 0.1) is 5.82 Å². The number of nitrogens with zero attached hydrogens (tertiary/aromatic N) is 1. The molecule has 0 radical (unpaired) electrons. The number of carbonyl (C=O) groups is 2. The quantitative estimate of drug-likeness (QED) is 0.554. The van der Waals surface area contributed by atoms with Crippen molar-refractivity contribution in [2.45, 2.75) is 36.7 Å². The summed E-state index contributed by atoms with van der Waals surface area (Å²) in [5.41, 5.74) is 0.742. The predicted molar refractivity (Wildman–Crippen MR) is 119 cm³/mol. The van der Waals surface area contributed by atoms with Crippen LogP contribution in [0.3, 0.4) is 0 Å².